The highest BCUT2D eigenvalue weighted by Crippen LogP contribution is 2.34. The summed E-state index contributed by atoms with van der Waals surface area (Å²) in [4.78, 5) is 14.2. The van der Waals surface area contributed by atoms with E-state index in [0.29, 0.717) is 5.69 Å². The Morgan fingerprint density at radius 2 is 2.09 bits per heavy atom. The SMILES string of the molecule is CC=Cc1ccc2c(c1)O[C@@H](CN(C)C(=O)Nc1cccc(F)c1)[C@@H](C)CN([C@H](C)CO)S2(=O)=O. The minimum Gasteiger partial charge on any atom is -0.487 e. The molecule has 3 atom stereocenters. The third kappa shape index (κ3) is 6.19. The number of halogens is 1. The number of amides is 2. The lowest BCUT2D eigenvalue weighted by molar-refractivity contribution is 0.0830. The van der Waals surface area contributed by atoms with Gasteiger partial charge in [-0.1, -0.05) is 31.2 Å². The predicted octanol–water partition coefficient (Wildman–Crippen LogP) is 3.79. The molecular formula is C25H32FN3O5S. The molecule has 0 fully saturated rings. The Balaban J connectivity index is 1.93. The van der Waals surface area contributed by atoms with E-state index in [1.807, 2.05) is 26.0 Å². The maximum absolute atomic E-state index is 13.5. The molecule has 35 heavy (non-hydrogen) atoms. The molecule has 0 radical (unpaired) electrons. The third-order valence-corrected chi connectivity index (χ3v) is 7.95. The first-order chi connectivity index (χ1) is 16.6. The lowest BCUT2D eigenvalue weighted by Crippen LogP contribution is -2.50. The molecular weight excluding hydrogens is 473 g/mol. The summed E-state index contributed by atoms with van der Waals surface area (Å²) in [5, 5.41) is 12.4. The number of rotatable bonds is 6. The molecule has 0 bridgehead atoms. The zero-order chi connectivity index (χ0) is 25.8. The topological polar surface area (TPSA) is 99.2 Å². The number of likely N-dealkylation sites (N-methyl/N-ethyl adjacent to an activating group) is 1. The van der Waals surface area contributed by atoms with Crippen molar-refractivity contribution in [3.8, 4) is 5.75 Å². The number of ether oxygens (including phenoxy) is 1. The summed E-state index contributed by atoms with van der Waals surface area (Å²) in [6.45, 7) is 5.26. The van der Waals surface area contributed by atoms with Crippen LogP contribution in [-0.2, 0) is 10.0 Å². The molecule has 2 aromatic carbocycles. The predicted molar refractivity (Wildman–Crippen MR) is 133 cm³/mol. The van der Waals surface area contributed by atoms with Gasteiger partial charge >= 0.3 is 6.03 Å². The van der Waals surface area contributed by atoms with Gasteiger partial charge in [0.25, 0.3) is 0 Å². The van der Waals surface area contributed by atoms with E-state index in [2.05, 4.69) is 5.32 Å². The summed E-state index contributed by atoms with van der Waals surface area (Å²) in [6.07, 6.45) is 3.12. The van der Waals surface area contributed by atoms with Gasteiger partial charge in [-0.2, -0.15) is 4.31 Å². The average Bonchev–Trinajstić information content (AvgIpc) is 2.81. The van der Waals surface area contributed by atoms with Gasteiger partial charge in [-0.15, -0.1) is 0 Å². The molecule has 0 spiro atoms. The van der Waals surface area contributed by atoms with Crippen molar-refractivity contribution < 1.29 is 27.4 Å². The molecule has 10 heteroatoms. The van der Waals surface area contributed by atoms with Crippen molar-refractivity contribution in [3.05, 3.63) is 59.9 Å². The molecule has 0 unspecified atom stereocenters. The van der Waals surface area contributed by atoms with Crippen LogP contribution in [0.2, 0.25) is 0 Å². The lowest BCUT2D eigenvalue weighted by Gasteiger charge is -2.37. The maximum atomic E-state index is 13.5. The minimum atomic E-state index is -3.94. The molecule has 0 saturated heterocycles. The molecule has 1 aliphatic heterocycles. The Kier molecular flexibility index (Phi) is 8.52. The second-order valence-electron chi connectivity index (χ2n) is 8.77. The van der Waals surface area contributed by atoms with Gasteiger partial charge in [0.2, 0.25) is 10.0 Å². The van der Waals surface area contributed by atoms with Gasteiger partial charge in [0.15, 0.2) is 0 Å². The highest BCUT2D eigenvalue weighted by atomic mass is 32.2. The van der Waals surface area contributed by atoms with Crippen LogP contribution in [0.5, 0.6) is 5.75 Å². The third-order valence-electron chi connectivity index (χ3n) is 5.93. The number of nitrogens with zero attached hydrogens (tertiary/aromatic N) is 2. The van der Waals surface area contributed by atoms with Crippen LogP contribution in [0.4, 0.5) is 14.9 Å². The fraction of sp³-hybridized carbons (Fsp3) is 0.400. The molecule has 190 valence electrons. The quantitative estimate of drug-likeness (QED) is 0.622. The smallest absolute Gasteiger partial charge is 0.321 e. The van der Waals surface area contributed by atoms with Crippen LogP contribution in [0, 0.1) is 11.7 Å². The standard InChI is InChI=1S/C25H32FN3O5S/c1-5-7-19-10-11-24-22(12-19)34-23(17(2)14-29(18(3)16-30)35(24,32)33)15-28(4)25(31)27-21-9-6-8-20(26)13-21/h5-13,17-18,23,30H,14-16H2,1-4H3,(H,27,31)/t17-,18+,23-/m0/s1. The summed E-state index contributed by atoms with van der Waals surface area (Å²) in [5.41, 5.74) is 1.09. The van der Waals surface area contributed by atoms with Crippen molar-refractivity contribution >= 4 is 27.8 Å². The van der Waals surface area contributed by atoms with Gasteiger partial charge < -0.3 is 20.1 Å². The van der Waals surface area contributed by atoms with Crippen LogP contribution >= 0.6 is 0 Å². The lowest BCUT2D eigenvalue weighted by atomic mass is 10.0. The van der Waals surface area contributed by atoms with E-state index >= 15 is 0 Å². The first-order valence-corrected chi connectivity index (χ1v) is 12.8. The second kappa shape index (κ2) is 11.2. The largest absolute Gasteiger partial charge is 0.487 e. The van der Waals surface area contributed by atoms with Crippen molar-refractivity contribution in [3.63, 3.8) is 0 Å². The molecule has 2 N–H and O–H groups in total. The molecule has 2 amide bonds. The fourth-order valence-corrected chi connectivity index (χ4v) is 5.72. The number of anilines is 1. The summed E-state index contributed by atoms with van der Waals surface area (Å²) >= 11 is 0. The van der Waals surface area contributed by atoms with Crippen molar-refractivity contribution in [2.75, 3.05) is 32.1 Å². The van der Waals surface area contributed by atoms with Crippen molar-refractivity contribution in [2.24, 2.45) is 5.92 Å². The number of sulfonamides is 1. The Morgan fingerprint density at radius 3 is 2.74 bits per heavy atom. The van der Waals surface area contributed by atoms with Gasteiger partial charge in [-0.3, -0.25) is 0 Å². The van der Waals surface area contributed by atoms with Gasteiger partial charge in [0.05, 0.1) is 13.2 Å². The molecule has 2 aromatic rings. The number of urea groups is 1. The highest BCUT2D eigenvalue weighted by Gasteiger charge is 2.38. The van der Waals surface area contributed by atoms with Crippen LogP contribution in [0.3, 0.4) is 0 Å². The summed E-state index contributed by atoms with van der Waals surface area (Å²) < 4.78 is 48.0. The van der Waals surface area contributed by atoms with E-state index < -0.39 is 34.0 Å². The molecule has 1 heterocycles. The van der Waals surface area contributed by atoms with Gasteiger partial charge in [-0.05, 0) is 49.7 Å². The Bertz CT molecular complexity index is 1190. The minimum absolute atomic E-state index is 0.00909. The van der Waals surface area contributed by atoms with E-state index in [1.165, 1.54) is 33.5 Å². The normalized spacial score (nSPS) is 20.9. The number of hydrogen-bond acceptors (Lipinski definition) is 5. The average molecular weight is 506 g/mol. The molecule has 0 saturated carbocycles. The number of aliphatic hydroxyl groups excluding tert-OH is 1. The van der Waals surface area contributed by atoms with Crippen LogP contribution in [0.25, 0.3) is 6.08 Å². The first-order valence-electron chi connectivity index (χ1n) is 11.4. The maximum Gasteiger partial charge on any atom is 0.321 e. The molecule has 1 aliphatic rings. The number of carbonyl (C=O) groups excluding carboxylic acids is 1. The van der Waals surface area contributed by atoms with E-state index in [-0.39, 0.29) is 36.3 Å². The van der Waals surface area contributed by atoms with Crippen LogP contribution in [-0.4, -0.2) is 67.7 Å². The van der Waals surface area contributed by atoms with Crippen molar-refractivity contribution in [1.29, 1.82) is 0 Å². The summed E-state index contributed by atoms with van der Waals surface area (Å²) in [7, 11) is -2.35. The number of carbonyl (C=O) groups is 1. The number of hydrogen-bond donors (Lipinski definition) is 2. The highest BCUT2D eigenvalue weighted by molar-refractivity contribution is 7.89. The summed E-state index contributed by atoms with van der Waals surface area (Å²) in [5.74, 6) is -0.594. The van der Waals surface area contributed by atoms with Crippen molar-refractivity contribution in [2.45, 2.75) is 37.8 Å². The molecule has 3 rings (SSSR count). The van der Waals surface area contributed by atoms with Crippen LogP contribution in [0.1, 0.15) is 26.3 Å². The van der Waals surface area contributed by atoms with Crippen LogP contribution in [0.15, 0.2) is 53.4 Å². The molecule has 8 nitrogen and oxygen atoms in total. The fourth-order valence-electron chi connectivity index (χ4n) is 3.89. The number of benzene rings is 2. The van der Waals surface area contributed by atoms with Crippen LogP contribution < -0.4 is 10.1 Å². The monoisotopic (exact) mass is 505 g/mol. The number of fused-ring (bicyclic) bond motifs is 1. The van der Waals surface area contributed by atoms with Gasteiger partial charge in [0, 0.05) is 31.2 Å². The zero-order valence-corrected chi connectivity index (χ0v) is 21.1. The first kappa shape index (κ1) is 26.7. The Hall–Kier alpha value is -2.95. The molecule has 0 aromatic heterocycles. The Labute approximate surface area is 206 Å². The number of aliphatic hydroxyl groups is 1. The second-order valence-corrected chi connectivity index (χ2v) is 10.6. The van der Waals surface area contributed by atoms with E-state index in [1.54, 1.807) is 32.2 Å². The van der Waals surface area contributed by atoms with E-state index in [9.17, 15) is 22.7 Å². The molecule has 0 aliphatic carbocycles. The Morgan fingerprint density at radius 1 is 1.34 bits per heavy atom. The number of allylic oxidation sites excluding steroid dienone is 1. The number of nitrogens with one attached hydrogen (secondary N) is 1. The van der Waals surface area contributed by atoms with E-state index in [0.717, 1.165) is 5.56 Å². The van der Waals surface area contributed by atoms with E-state index in [4.69, 9.17) is 4.74 Å². The zero-order valence-electron chi connectivity index (χ0n) is 20.3. The van der Waals surface area contributed by atoms with Gasteiger partial charge in [-0.25, -0.2) is 17.6 Å². The summed E-state index contributed by atoms with van der Waals surface area (Å²) in [6, 6.07) is 9.36. The van der Waals surface area contributed by atoms with Crippen molar-refractivity contribution in [1.82, 2.24) is 9.21 Å². The van der Waals surface area contributed by atoms with Gasteiger partial charge in [0.1, 0.15) is 22.6 Å².